The maximum absolute atomic E-state index is 13.3. The number of carbonyl (C=O) groups excluding carboxylic acids is 1. The lowest BCUT2D eigenvalue weighted by atomic mass is 9.94. The van der Waals surface area contributed by atoms with Gasteiger partial charge in [-0.05, 0) is 42.2 Å². The molecule has 31 heavy (non-hydrogen) atoms. The van der Waals surface area contributed by atoms with Crippen molar-refractivity contribution in [1.29, 1.82) is 0 Å². The lowest BCUT2D eigenvalue weighted by Gasteiger charge is -2.16. The van der Waals surface area contributed by atoms with E-state index in [1.165, 1.54) is 30.3 Å². The number of benzene rings is 2. The van der Waals surface area contributed by atoms with Crippen molar-refractivity contribution in [1.82, 2.24) is 5.32 Å². The summed E-state index contributed by atoms with van der Waals surface area (Å²) in [5, 5.41) is 2.98. The summed E-state index contributed by atoms with van der Waals surface area (Å²) in [7, 11) is 0. The number of ether oxygens (including phenoxy) is 1. The quantitative estimate of drug-likeness (QED) is 0.636. The second-order valence-electron chi connectivity index (χ2n) is 7.53. The molecule has 1 atom stereocenters. The van der Waals surface area contributed by atoms with Gasteiger partial charge in [-0.15, -0.1) is 0 Å². The van der Waals surface area contributed by atoms with E-state index in [-0.39, 0.29) is 35.0 Å². The Bertz CT molecular complexity index is 1040. The number of ketones is 1. The zero-order valence-corrected chi connectivity index (χ0v) is 16.0. The van der Waals surface area contributed by atoms with Crippen LogP contribution in [0.5, 0.6) is 0 Å². The minimum Gasteiger partial charge on any atom is -0.467 e. The molecule has 4 rings (SSSR count). The van der Waals surface area contributed by atoms with E-state index in [1.807, 2.05) is 0 Å². The Morgan fingerprint density at radius 3 is 2.29 bits per heavy atom. The smallest absolute Gasteiger partial charge is 0.416 e. The number of rotatable bonds is 5. The SMILES string of the molecule is O=C1C(c2cccc(C(F)(F)F)c2)=C(NC2CC2)OC1Cc1ccccc1C(F)(F)F. The van der Waals surface area contributed by atoms with Gasteiger partial charge in [0.25, 0.3) is 0 Å². The molecule has 1 fully saturated rings. The normalized spacial score (nSPS) is 19.5. The fourth-order valence-corrected chi connectivity index (χ4v) is 3.48. The van der Waals surface area contributed by atoms with Crippen molar-refractivity contribution >= 4 is 11.4 Å². The summed E-state index contributed by atoms with van der Waals surface area (Å²) in [6, 6.07) is 9.13. The van der Waals surface area contributed by atoms with Gasteiger partial charge in [0.05, 0.1) is 16.7 Å². The van der Waals surface area contributed by atoms with Crippen LogP contribution < -0.4 is 5.32 Å². The maximum Gasteiger partial charge on any atom is 0.416 e. The van der Waals surface area contributed by atoms with Gasteiger partial charge >= 0.3 is 12.4 Å². The number of hydrogen-bond acceptors (Lipinski definition) is 3. The van der Waals surface area contributed by atoms with Gasteiger partial charge in [0.1, 0.15) is 0 Å². The minimum absolute atomic E-state index is 0.00887. The molecule has 2 aliphatic rings. The fraction of sp³-hybridized carbons (Fsp3) is 0.318. The summed E-state index contributed by atoms with van der Waals surface area (Å²) in [4.78, 5) is 13.1. The fourth-order valence-electron chi connectivity index (χ4n) is 3.48. The average molecular weight is 441 g/mol. The van der Waals surface area contributed by atoms with E-state index in [0.29, 0.717) is 0 Å². The van der Waals surface area contributed by atoms with Crippen LogP contribution in [0.15, 0.2) is 54.4 Å². The second kappa shape index (κ2) is 7.62. The highest BCUT2D eigenvalue weighted by atomic mass is 19.4. The molecular weight excluding hydrogens is 424 g/mol. The third-order valence-corrected chi connectivity index (χ3v) is 5.15. The Kier molecular flexibility index (Phi) is 5.23. The summed E-state index contributed by atoms with van der Waals surface area (Å²) < 4.78 is 85.0. The monoisotopic (exact) mass is 441 g/mol. The molecule has 1 saturated carbocycles. The molecular formula is C22H17F6NO2. The number of nitrogens with one attached hydrogen (secondary N) is 1. The van der Waals surface area contributed by atoms with Crippen LogP contribution in [0.1, 0.15) is 35.1 Å². The summed E-state index contributed by atoms with van der Waals surface area (Å²) in [6.45, 7) is 0. The zero-order valence-electron chi connectivity index (χ0n) is 16.0. The lowest BCUT2D eigenvalue weighted by Crippen LogP contribution is -2.24. The van der Waals surface area contributed by atoms with Crippen molar-refractivity contribution in [2.75, 3.05) is 0 Å². The molecule has 2 aromatic rings. The summed E-state index contributed by atoms with van der Waals surface area (Å²) in [5.41, 5.74) is -2.00. The van der Waals surface area contributed by atoms with Gasteiger partial charge in [0.15, 0.2) is 12.0 Å². The second-order valence-corrected chi connectivity index (χ2v) is 7.53. The standard InChI is InChI=1S/C22H17F6NO2/c23-21(24,25)14-6-3-5-13(10-14)18-19(30)17(31-20(18)29-15-8-9-15)11-12-4-1-2-7-16(12)22(26,27)28/h1-7,10,15,17,29H,8-9,11H2. The highest BCUT2D eigenvalue weighted by Crippen LogP contribution is 2.38. The highest BCUT2D eigenvalue weighted by Gasteiger charge is 2.41. The van der Waals surface area contributed by atoms with E-state index in [4.69, 9.17) is 4.74 Å². The van der Waals surface area contributed by atoms with Crippen molar-refractivity contribution in [3.8, 4) is 0 Å². The molecule has 2 aromatic carbocycles. The topological polar surface area (TPSA) is 38.3 Å². The van der Waals surface area contributed by atoms with E-state index >= 15 is 0 Å². The molecule has 3 nitrogen and oxygen atoms in total. The van der Waals surface area contributed by atoms with Crippen molar-refractivity contribution < 1.29 is 35.9 Å². The van der Waals surface area contributed by atoms with Crippen LogP contribution in [0.3, 0.4) is 0 Å². The third-order valence-electron chi connectivity index (χ3n) is 5.15. The molecule has 1 N–H and O–H groups in total. The first-order chi connectivity index (χ1) is 14.5. The largest absolute Gasteiger partial charge is 0.467 e. The Labute approximate surface area is 173 Å². The number of alkyl halides is 6. The van der Waals surface area contributed by atoms with Crippen LogP contribution in [0.4, 0.5) is 26.3 Å². The summed E-state index contributed by atoms with van der Waals surface area (Å²) in [5.74, 6) is -0.638. The maximum atomic E-state index is 13.3. The first-order valence-corrected chi connectivity index (χ1v) is 9.58. The molecule has 1 aliphatic carbocycles. The van der Waals surface area contributed by atoms with Gasteiger partial charge < -0.3 is 10.1 Å². The number of hydrogen-bond donors (Lipinski definition) is 1. The Morgan fingerprint density at radius 2 is 1.65 bits per heavy atom. The van der Waals surface area contributed by atoms with Crippen LogP contribution in [0, 0.1) is 0 Å². The van der Waals surface area contributed by atoms with Crippen molar-refractivity contribution in [3.63, 3.8) is 0 Å². The first kappa shape index (κ1) is 21.3. The first-order valence-electron chi connectivity index (χ1n) is 9.58. The number of Topliss-reactive ketones (excluding diaryl/α,β-unsaturated/α-hetero) is 1. The average Bonchev–Trinajstić information content (AvgIpc) is 3.45. The molecule has 0 aromatic heterocycles. The van der Waals surface area contributed by atoms with E-state index < -0.39 is 35.4 Å². The van der Waals surface area contributed by atoms with E-state index in [1.54, 1.807) is 0 Å². The van der Waals surface area contributed by atoms with E-state index in [9.17, 15) is 31.1 Å². The van der Waals surface area contributed by atoms with Crippen LogP contribution in [0.25, 0.3) is 5.57 Å². The van der Waals surface area contributed by atoms with Crippen molar-refractivity contribution in [3.05, 3.63) is 76.7 Å². The molecule has 0 radical (unpaired) electrons. The van der Waals surface area contributed by atoms with Crippen molar-refractivity contribution in [2.45, 2.75) is 43.8 Å². The van der Waals surface area contributed by atoms with E-state index in [2.05, 4.69) is 5.32 Å². The Morgan fingerprint density at radius 1 is 0.935 bits per heavy atom. The van der Waals surface area contributed by atoms with Gasteiger partial charge in [-0.1, -0.05) is 30.3 Å². The molecule has 164 valence electrons. The number of carbonyl (C=O) groups is 1. The molecule has 1 unspecified atom stereocenters. The molecule has 1 aliphatic heterocycles. The summed E-state index contributed by atoms with van der Waals surface area (Å²) in [6.07, 6.45) is -9.22. The van der Waals surface area contributed by atoms with Gasteiger partial charge in [0.2, 0.25) is 5.78 Å². The van der Waals surface area contributed by atoms with Crippen LogP contribution in [-0.2, 0) is 28.3 Å². The van der Waals surface area contributed by atoms with Crippen LogP contribution in [0.2, 0.25) is 0 Å². The molecule has 0 spiro atoms. The Balaban J connectivity index is 1.67. The van der Waals surface area contributed by atoms with Crippen LogP contribution >= 0.6 is 0 Å². The summed E-state index contributed by atoms with van der Waals surface area (Å²) >= 11 is 0. The van der Waals surface area contributed by atoms with Gasteiger partial charge in [-0.25, -0.2) is 0 Å². The van der Waals surface area contributed by atoms with Gasteiger partial charge in [0, 0.05) is 12.5 Å². The van der Waals surface area contributed by atoms with Crippen molar-refractivity contribution in [2.24, 2.45) is 0 Å². The highest BCUT2D eigenvalue weighted by molar-refractivity contribution is 6.25. The van der Waals surface area contributed by atoms with Crippen LogP contribution in [-0.4, -0.2) is 17.9 Å². The predicted molar refractivity (Wildman–Crippen MR) is 99.5 cm³/mol. The molecule has 0 amide bonds. The zero-order chi connectivity index (χ0) is 22.4. The number of halogens is 6. The molecule has 0 bridgehead atoms. The predicted octanol–water partition coefficient (Wildman–Crippen LogP) is 5.36. The third kappa shape index (κ3) is 4.55. The lowest BCUT2D eigenvalue weighted by molar-refractivity contribution is -0.139. The minimum atomic E-state index is -4.61. The molecule has 0 saturated heterocycles. The molecule has 1 heterocycles. The van der Waals surface area contributed by atoms with Gasteiger partial charge in [-0.2, -0.15) is 26.3 Å². The van der Waals surface area contributed by atoms with E-state index in [0.717, 1.165) is 31.0 Å². The Hall–Kier alpha value is -2.97. The van der Waals surface area contributed by atoms with Gasteiger partial charge in [-0.3, -0.25) is 4.79 Å². The molecule has 9 heteroatoms.